The van der Waals surface area contributed by atoms with Crippen molar-refractivity contribution in [3.63, 3.8) is 0 Å². The van der Waals surface area contributed by atoms with E-state index in [4.69, 9.17) is 10.5 Å². The van der Waals surface area contributed by atoms with Gasteiger partial charge in [0.05, 0.1) is 12.3 Å². The van der Waals surface area contributed by atoms with Crippen molar-refractivity contribution in [3.05, 3.63) is 18.2 Å². The number of carbonyl (C=O) groups excluding carboxylic acids is 3. The van der Waals surface area contributed by atoms with Crippen LogP contribution >= 0.6 is 0 Å². The molecule has 1 fully saturated rings. The second-order valence-electron chi connectivity index (χ2n) is 6.78. The number of anilines is 2. The Hall–Kier alpha value is -2.79. The van der Waals surface area contributed by atoms with Gasteiger partial charge in [0.25, 0.3) is 11.8 Å². The van der Waals surface area contributed by atoms with E-state index in [1.165, 1.54) is 23.1 Å². The van der Waals surface area contributed by atoms with Gasteiger partial charge in [-0.25, -0.2) is 0 Å². The van der Waals surface area contributed by atoms with Crippen LogP contribution in [0.4, 0.5) is 20.2 Å². The zero-order chi connectivity index (χ0) is 21.6. The van der Waals surface area contributed by atoms with Crippen molar-refractivity contribution in [1.82, 2.24) is 5.32 Å². The van der Waals surface area contributed by atoms with Gasteiger partial charge in [-0.1, -0.05) is 13.8 Å². The highest BCUT2D eigenvalue weighted by atomic mass is 19.3. The molecular formula is C18H24F2N4O5. The molecule has 0 bridgehead atoms. The smallest absolute Gasteiger partial charge is 0.387 e. The summed E-state index contributed by atoms with van der Waals surface area (Å²) in [6, 6.07) is 2.65. The summed E-state index contributed by atoms with van der Waals surface area (Å²) in [6.45, 7) is 1.38. The predicted octanol–water partition coefficient (Wildman–Crippen LogP) is 0.689. The maximum absolute atomic E-state index is 12.9. The van der Waals surface area contributed by atoms with Crippen LogP contribution in [0.3, 0.4) is 0 Å². The quantitative estimate of drug-likeness (QED) is 0.511. The molecule has 1 aliphatic rings. The first-order valence-electron chi connectivity index (χ1n) is 8.99. The van der Waals surface area contributed by atoms with Crippen LogP contribution < -0.4 is 26.0 Å². The number of rotatable bonds is 9. The van der Waals surface area contributed by atoms with Crippen molar-refractivity contribution in [2.45, 2.75) is 26.5 Å². The fraction of sp³-hybridized carbons (Fsp3) is 0.500. The number of primary amides is 1. The summed E-state index contributed by atoms with van der Waals surface area (Å²) in [6.07, 6.45) is 0. The highest BCUT2D eigenvalue weighted by Gasteiger charge is 2.26. The van der Waals surface area contributed by atoms with Crippen molar-refractivity contribution in [3.8, 4) is 5.75 Å². The number of nitrogens with two attached hydrogens (primary N) is 1. The average molecular weight is 414 g/mol. The standard InChI is InChI=1S/C18H24F2N4O5/c1-10(2)8-22-15(16(21)26)17(27)23-12-4-3-11(7-13(12)29-18(19)20)24-5-6-28-9-14(24)25/h3-4,7,10,15,18,22H,5-6,8-9H2,1-2H3,(H2,21,26)(H,23,27)/t15-/m1/s1. The van der Waals surface area contributed by atoms with Gasteiger partial charge >= 0.3 is 6.61 Å². The number of carbonyl (C=O) groups is 3. The maximum Gasteiger partial charge on any atom is 0.387 e. The second-order valence-corrected chi connectivity index (χ2v) is 6.78. The minimum atomic E-state index is -3.16. The van der Waals surface area contributed by atoms with E-state index in [0.29, 0.717) is 18.8 Å². The number of nitrogens with one attached hydrogen (secondary N) is 2. The van der Waals surface area contributed by atoms with Gasteiger partial charge in [0.15, 0.2) is 11.8 Å². The molecular weight excluding hydrogens is 390 g/mol. The molecule has 0 spiro atoms. The normalized spacial score (nSPS) is 15.5. The first-order valence-corrected chi connectivity index (χ1v) is 8.99. The van der Waals surface area contributed by atoms with E-state index in [-0.39, 0.29) is 36.4 Å². The summed E-state index contributed by atoms with van der Waals surface area (Å²) >= 11 is 0. The number of hydrogen-bond acceptors (Lipinski definition) is 6. The van der Waals surface area contributed by atoms with Crippen LogP contribution in [0.15, 0.2) is 18.2 Å². The van der Waals surface area contributed by atoms with E-state index < -0.39 is 24.5 Å². The molecule has 11 heteroatoms. The maximum atomic E-state index is 12.9. The Balaban J connectivity index is 2.24. The molecule has 1 aliphatic heterocycles. The monoisotopic (exact) mass is 414 g/mol. The molecule has 29 heavy (non-hydrogen) atoms. The number of alkyl halides is 2. The van der Waals surface area contributed by atoms with Crippen LogP contribution in [0.25, 0.3) is 0 Å². The molecule has 1 atom stereocenters. The van der Waals surface area contributed by atoms with E-state index in [1.54, 1.807) is 0 Å². The first-order chi connectivity index (χ1) is 13.7. The number of benzene rings is 1. The lowest BCUT2D eigenvalue weighted by Crippen LogP contribution is -2.50. The summed E-state index contributed by atoms with van der Waals surface area (Å²) in [7, 11) is 0. The second kappa shape index (κ2) is 10.1. The molecule has 1 aromatic carbocycles. The molecule has 3 amide bonds. The lowest BCUT2D eigenvalue weighted by Gasteiger charge is -2.27. The van der Waals surface area contributed by atoms with Gasteiger partial charge in [-0.3, -0.25) is 19.7 Å². The van der Waals surface area contributed by atoms with Gasteiger partial charge in [0.1, 0.15) is 6.61 Å². The van der Waals surface area contributed by atoms with Crippen LogP contribution in [-0.2, 0) is 19.1 Å². The van der Waals surface area contributed by atoms with E-state index in [0.717, 1.165) is 0 Å². The minimum absolute atomic E-state index is 0.0858. The molecule has 0 saturated carbocycles. The Morgan fingerprint density at radius 3 is 2.66 bits per heavy atom. The minimum Gasteiger partial charge on any atom is -0.433 e. The lowest BCUT2D eigenvalue weighted by molar-refractivity contribution is -0.128. The summed E-state index contributed by atoms with van der Waals surface area (Å²) < 4.78 is 35.3. The summed E-state index contributed by atoms with van der Waals surface area (Å²) in [4.78, 5) is 37.4. The van der Waals surface area contributed by atoms with Crippen molar-refractivity contribution in [1.29, 1.82) is 0 Å². The van der Waals surface area contributed by atoms with E-state index >= 15 is 0 Å². The number of hydrogen-bond donors (Lipinski definition) is 3. The number of amides is 3. The van der Waals surface area contributed by atoms with Crippen molar-refractivity contribution < 1.29 is 32.6 Å². The number of morpholine rings is 1. The largest absolute Gasteiger partial charge is 0.433 e. The average Bonchev–Trinajstić information content (AvgIpc) is 2.62. The predicted molar refractivity (Wildman–Crippen MR) is 101 cm³/mol. The third-order valence-corrected chi connectivity index (χ3v) is 4.01. The molecule has 4 N–H and O–H groups in total. The highest BCUT2D eigenvalue weighted by Crippen LogP contribution is 2.32. The fourth-order valence-corrected chi connectivity index (χ4v) is 2.65. The molecule has 0 aliphatic carbocycles. The zero-order valence-electron chi connectivity index (χ0n) is 16.1. The molecule has 1 heterocycles. The van der Waals surface area contributed by atoms with Gasteiger partial charge < -0.3 is 25.4 Å². The lowest BCUT2D eigenvalue weighted by atomic mass is 10.1. The van der Waals surface area contributed by atoms with Crippen LogP contribution in [-0.4, -0.2) is 56.7 Å². The Labute approximate surface area is 166 Å². The van der Waals surface area contributed by atoms with Crippen LogP contribution in [0.2, 0.25) is 0 Å². The Kier molecular flexibility index (Phi) is 7.85. The third kappa shape index (κ3) is 6.36. The number of ether oxygens (including phenoxy) is 2. The Morgan fingerprint density at radius 1 is 1.34 bits per heavy atom. The van der Waals surface area contributed by atoms with E-state index in [9.17, 15) is 23.2 Å². The molecule has 2 rings (SSSR count). The van der Waals surface area contributed by atoms with Gasteiger partial charge in [-0.05, 0) is 24.6 Å². The SMILES string of the molecule is CC(C)CN[C@H](C(N)=O)C(=O)Nc1ccc(N2CCOCC2=O)cc1OC(F)F. The zero-order valence-corrected chi connectivity index (χ0v) is 16.1. The van der Waals surface area contributed by atoms with E-state index in [2.05, 4.69) is 15.4 Å². The molecule has 1 saturated heterocycles. The number of nitrogens with zero attached hydrogens (tertiary/aromatic N) is 1. The molecule has 160 valence electrons. The molecule has 0 radical (unpaired) electrons. The van der Waals surface area contributed by atoms with E-state index in [1.807, 2.05) is 13.8 Å². The highest BCUT2D eigenvalue weighted by molar-refractivity contribution is 6.10. The molecule has 0 unspecified atom stereocenters. The Morgan fingerprint density at radius 2 is 2.07 bits per heavy atom. The summed E-state index contributed by atoms with van der Waals surface area (Å²) in [5.41, 5.74) is 5.49. The number of halogens is 2. The van der Waals surface area contributed by atoms with Crippen LogP contribution in [0.1, 0.15) is 13.8 Å². The summed E-state index contributed by atoms with van der Waals surface area (Å²) in [5.74, 6) is -2.25. The van der Waals surface area contributed by atoms with Crippen molar-refractivity contribution in [2.75, 3.05) is 36.5 Å². The van der Waals surface area contributed by atoms with Crippen LogP contribution in [0.5, 0.6) is 5.75 Å². The van der Waals surface area contributed by atoms with Gasteiger partial charge in [-0.15, -0.1) is 0 Å². The summed E-state index contributed by atoms with van der Waals surface area (Å²) in [5, 5.41) is 5.10. The van der Waals surface area contributed by atoms with Crippen molar-refractivity contribution in [2.24, 2.45) is 11.7 Å². The van der Waals surface area contributed by atoms with Crippen molar-refractivity contribution >= 4 is 29.1 Å². The van der Waals surface area contributed by atoms with Gasteiger partial charge in [0.2, 0.25) is 5.91 Å². The first kappa shape index (κ1) is 22.5. The fourth-order valence-electron chi connectivity index (χ4n) is 2.65. The topological polar surface area (TPSA) is 123 Å². The Bertz CT molecular complexity index is 760. The third-order valence-electron chi connectivity index (χ3n) is 4.01. The van der Waals surface area contributed by atoms with Crippen LogP contribution in [0, 0.1) is 5.92 Å². The molecule has 0 aromatic heterocycles. The van der Waals surface area contributed by atoms with Gasteiger partial charge in [-0.2, -0.15) is 8.78 Å². The molecule has 1 aromatic rings. The molecule has 9 nitrogen and oxygen atoms in total. The van der Waals surface area contributed by atoms with Gasteiger partial charge in [0, 0.05) is 18.3 Å².